The molecule has 0 aliphatic heterocycles. The average molecular weight is 757 g/mol. The average Bonchev–Trinajstić information content (AvgIpc) is 3.81. The summed E-state index contributed by atoms with van der Waals surface area (Å²) in [6, 6.07) is 26.4. The van der Waals surface area contributed by atoms with Gasteiger partial charge in [-0.05, 0) is 113 Å². The van der Waals surface area contributed by atoms with Crippen molar-refractivity contribution in [3.8, 4) is 23.1 Å². The third kappa shape index (κ3) is 9.18. The van der Waals surface area contributed by atoms with Crippen LogP contribution in [-0.2, 0) is 24.1 Å². The van der Waals surface area contributed by atoms with Crippen molar-refractivity contribution < 1.29 is 23.8 Å². The van der Waals surface area contributed by atoms with Crippen LogP contribution in [0.15, 0.2) is 103 Å². The van der Waals surface area contributed by atoms with Gasteiger partial charge in [0.2, 0.25) is 11.8 Å². The summed E-state index contributed by atoms with van der Waals surface area (Å²) in [5, 5.41) is 10.9. The van der Waals surface area contributed by atoms with E-state index in [4.69, 9.17) is 25.7 Å². The van der Waals surface area contributed by atoms with Crippen LogP contribution >= 0.6 is 11.3 Å². The molecular weight excluding hydrogens is 713 g/mol. The Labute approximate surface area is 324 Å². The van der Waals surface area contributed by atoms with Gasteiger partial charge in [0.25, 0.3) is 5.91 Å². The van der Waals surface area contributed by atoms with Crippen LogP contribution in [0.4, 0.5) is 0 Å². The van der Waals surface area contributed by atoms with Crippen molar-refractivity contribution in [2.75, 3.05) is 20.3 Å². The maximum absolute atomic E-state index is 11.5. The molecule has 3 aromatic heterocycles. The lowest BCUT2D eigenvalue weighted by molar-refractivity contribution is 0.0990. The quantitative estimate of drug-likeness (QED) is 0.0872. The van der Waals surface area contributed by atoms with Gasteiger partial charge >= 0.3 is 0 Å². The number of nitrogens with one attached hydrogen (secondary N) is 2. The van der Waals surface area contributed by atoms with E-state index >= 15 is 0 Å². The standard InChI is InChI=1S/C24H21N3O2S.C19H23N3O3/c25-24(28)16-6-10-23(27-12-16)29-18-7-8-19-15(11-18)5-9-21(19)26-13-17-14-30-22-4-2-1-3-20(17)22;1-24-10-9-22-17-4-2-3-13-11-14(5-6-15(13)17)25-18-7-8-21-12-16(18)19(20)23/h1-4,6-8,10-12,14,21,26H,5,9,13H2,(H2,25,28);5-8,11-12,17,22H,2-4,9-10H2,1H3,(H2,20,23). The monoisotopic (exact) mass is 756 g/mol. The van der Waals surface area contributed by atoms with Gasteiger partial charge in [-0.25, -0.2) is 4.98 Å². The molecule has 282 valence electrons. The van der Waals surface area contributed by atoms with Crippen molar-refractivity contribution >= 4 is 33.2 Å². The third-order valence-electron chi connectivity index (χ3n) is 9.94. The molecule has 0 spiro atoms. The molecule has 0 radical (unpaired) electrons. The van der Waals surface area contributed by atoms with Gasteiger partial charge in [-0.15, -0.1) is 11.3 Å². The fraction of sp³-hybridized carbons (Fsp3) is 0.256. The Morgan fingerprint density at radius 3 is 2.35 bits per heavy atom. The lowest BCUT2D eigenvalue weighted by Gasteiger charge is -2.27. The number of primary amides is 2. The van der Waals surface area contributed by atoms with Crippen LogP contribution in [0.1, 0.15) is 79.9 Å². The Hall–Kier alpha value is -5.66. The molecule has 0 bridgehead atoms. The van der Waals surface area contributed by atoms with E-state index in [-0.39, 0.29) is 5.56 Å². The third-order valence-corrected chi connectivity index (χ3v) is 10.9. The first-order valence-electron chi connectivity index (χ1n) is 18.4. The van der Waals surface area contributed by atoms with Crippen LogP contribution in [0.5, 0.6) is 23.1 Å². The van der Waals surface area contributed by atoms with Gasteiger partial charge in [-0.2, -0.15) is 0 Å². The number of carbonyl (C=O) groups excluding carboxylic acids is 2. The van der Waals surface area contributed by atoms with Gasteiger partial charge in [0, 0.05) is 61.6 Å². The largest absolute Gasteiger partial charge is 0.456 e. The summed E-state index contributed by atoms with van der Waals surface area (Å²) in [5.41, 5.74) is 17.8. The van der Waals surface area contributed by atoms with Gasteiger partial charge in [0.15, 0.2) is 0 Å². The lowest BCUT2D eigenvalue weighted by Crippen LogP contribution is -2.28. The zero-order valence-electron chi connectivity index (χ0n) is 30.6. The van der Waals surface area contributed by atoms with Gasteiger partial charge in [0.1, 0.15) is 22.8 Å². The van der Waals surface area contributed by atoms with Crippen molar-refractivity contribution in [2.24, 2.45) is 11.5 Å². The number of nitrogens with two attached hydrogens (primary N) is 2. The van der Waals surface area contributed by atoms with Crippen LogP contribution in [0.2, 0.25) is 0 Å². The minimum atomic E-state index is -0.552. The molecule has 3 heterocycles. The van der Waals surface area contributed by atoms with E-state index in [1.807, 2.05) is 18.2 Å². The Morgan fingerprint density at radius 2 is 1.60 bits per heavy atom. The highest BCUT2D eigenvalue weighted by Gasteiger charge is 2.23. The van der Waals surface area contributed by atoms with E-state index in [1.54, 1.807) is 42.8 Å². The summed E-state index contributed by atoms with van der Waals surface area (Å²) in [6.45, 7) is 2.39. The number of carbonyl (C=O) groups is 2. The molecule has 0 saturated carbocycles. The number of benzene rings is 3. The van der Waals surface area contributed by atoms with E-state index in [2.05, 4.69) is 68.4 Å². The zero-order chi connectivity index (χ0) is 38.1. The maximum Gasteiger partial charge on any atom is 0.254 e. The molecule has 11 nitrogen and oxygen atoms in total. The Kier molecular flexibility index (Phi) is 12.1. The van der Waals surface area contributed by atoms with Crippen molar-refractivity contribution in [2.45, 2.75) is 50.7 Å². The molecule has 2 aliphatic carbocycles. The van der Waals surface area contributed by atoms with Gasteiger partial charge < -0.3 is 36.3 Å². The first-order valence-corrected chi connectivity index (χ1v) is 19.3. The summed E-state index contributed by atoms with van der Waals surface area (Å²) in [7, 11) is 1.71. The number of hydrogen-bond donors (Lipinski definition) is 4. The summed E-state index contributed by atoms with van der Waals surface area (Å²) >= 11 is 1.80. The molecule has 3 aromatic carbocycles. The van der Waals surface area contributed by atoms with Gasteiger partial charge in [-0.1, -0.05) is 30.3 Å². The fourth-order valence-corrected chi connectivity index (χ4v) is 8.13. The molecular formula is C43H44N6O5S. The molecule has 6 N–H and O–H groups in total. The first kappa shape index (κ1) is 37.6. The number of rotatable bonds is 13. The van der Waals surface area contributed by atoms with Gasteiger partial charge in [0.05, 0.1) is 12.2 Å². The second kappa shape index (κ2) is 17.7. The molecule has 8 rings (SSSR count). The van der Waals surface area contributed by atoms with E-state index in [0.29, 0.717) is 41.6 Å². The molecule has 0 fully saturated rings. The molecule has 12 heteroatoms. The van der Waals surface area contributed by atoms with Gasteiger partial charge in [-0.3, -0.25) is 14.6 Å². The molecule has 2 aliphatic rings. The second-order valence-electron chi connectivity index (χ2n) is 13.5. The lowest BCUT2D eigenvalue weighted by atomic mass is 9.87. The molecule has 0 saturated heterocycles. The summed E-state index contributed by atoms with van der Waals surface area (Å²) in [4.78, 5) is 30.7. The number of aryl methyl sites for hydroxylation is 2. The normalized spacial score (nSPS) is 15.7. The number of methoxy groups -OCH3 is 1. The van der Waals surface area contributed by atoms with Crippen molar-refractivity contribution in [1.29, 1.82) is 0 Å². The van der Waals surface area contributed by atoms with E-state index in [1.165, 1.54) is 50.3 Å². The Balaban J connectivity index is 0.000000172. The van der Waals surface area contributed by atoms with E-state index in [9.17, 15) is 9.59 Å². The topological polar surface area (TPSA) is 164 Å². The highest BCUT2D eigenvalue weighted by Crippen LogP contribution is 2.36. The number of amides is 2. The highest BCUT2D eigenvalue weighted by atomic mass is 32.1. The van der Waals surface area contributed by atoms with Crippen LogP contribution in [0, 0.1) is 0 Å². The zero-order valence-corrected chi connectivity index (χ0v) is 31.4. The molecule has 6 aromatic rings. The Bertz CT molecular complexity index is 2280. The Morgan fingerprint density at radius 1 is 0.836 bits per heavy atom. The van der Waals surface area contributed by atoms with E-state index in [0.717, 1.165) is 50.9 Å². The molecule has 2 amide bonds. The minimum Gasteiger partial charge on any atom is -0.456 e. The van der Waals surface area contributed by atoms with Crippen molar-refractivity contribution in [1.82, 2.24) is 20.6 Å². The number of pyridine rings is 2. The summed E-state index contributed by atoms with van der Waals surface area (Å²) in [5.74, 6) is 1.26. The fourth-order valence-electron chi connectivity index (χ4n) is 7.16. The summed E-state index contributed by atoms with van der Waals surface area (Å²) in [6.07, 6.45) is 9.79. The number of aromatic nitrogens is 2. The second-order valence-corrected chi connectivity index (χ2v) is 14.4. The highest BCUT2D eigenvalue weighted by molar-refractivity contribution is 7.17. The maximum atomic E-state index is 11.5. The predicted octanol–water partition coefficient (Wildman–Crippen LogP) is 7.55. The van der Waals surface area contributed by atoms with E-state index < -0.39 is 11.8 Å². The van der Waals surface area contributed by atoms with Crippen LogP contribution in [0.25, 0.3) is 10.1 Å². The van der Waals surface area contributed by atoms with Crippen molar-refractivity contribution in [3.05, 3.63) is 142 Å². The van der Waals surface area contributed by atoms with Crippen LogP contribution in [-0.4, -0.2) is 42.0 Å². The first-order chi connectivity index (χ1) is 26.9. The summed E-state index contributed by atoms with van der Waals surface area (Å²) < 4.78 is 18.2. The smallest absolute Gasteiger partial charge is 0.254 e. The molecule has 2 unspecified atom stereocenters. The molecule has 55 heavy (non-hydrogen) atoms. The SMILES string of the molecule is COCCNC1CCCc2cc(Oc3ccncc3C(N)=O)ccc21.NC(=O)c1ccc(Oc2ccc3c(c2)CCC3NCc2csc3ccccc23)nc1. The number of nitrogens with zero attached hydrogens (tertiary/aromatic N) is 2. The van der Waals surface area contributed by atoms with Crippen LogP contribution < -0.4 is 31.6 Å². The predicted molar refractivity (Wildman–Crippen MR) is 214 cm³/mol. The van der Waals surface area contributed by atoms with Crippen molar-refractivity contribution in [3.63, 3.8) is 0 Å². The number of thiophene rings is 1. The number of hydrogen-bond acceptors (Lipinski definition) is 10. The number of ether oxygens (including phenoxy) is 3. The van der Waals surface area contributed by atoms with Crippen LogP contribution in [0.3, 0.4) is 0 Å². The minimum absolute atomic E-state index is 0.277. The molecule has 2 atom stereocenters. The number of fused-ring (bicyclic) bond motifs is 3.